The number of rotatable bonds is 9. The van der Waals surface area contributed by atoms with Gasteiger partial charge in [0.15, 0.2) is 11.6 Å². The quantitative estimate of drug-likeness (QED) is 0.326. The van der Waals surface area contributed by atoms with Crippen LogP contribution in [0.3, 0.4) is 0 Å². The number of amides is 1. The predicted molar refractivity (Wildman–Crippen MR) is 116 cm³/mol. The summed E-state index contributed by atoms with van der Waals surface area (Å²) in [5.74, 6) is 0.955. The minimum absolute atomic E-state index is 0.136. The van der Waals surface area contributed by atoms with Gasteiger partial charge in [-0.25, -0.2) is 9.97 Å². The minimum Gasteiger partial charge on any atom is -0.461 e. The average Bonchev–Trinajstić information content (AvgIpc) is 3.26. The van der Waals surface area contributed by atoms with Crippen molar-refractivity contribution in [2.75, 3.05) is 26.4 Å². The Labute approximate surface area is 175 Å². The van der Waals surface area contributed by atoms with Crippen LogP contribution in [0.1, 0.15) is 28.0 Å². The Morgan fingerprint density at radius 1 is 1.17 bits per heavy atom. The Hall–Kier alpha value is -2.64. The zero-order valence-corrected chi connectivity index (χ0v) is 17.8. The van der Waals surface area contributed by atoms with E-state index in [0.29, 0.717) is 34.4 Å². The van der Waals surface area contributed by atoms with Gasteiger partial charge in [-0.05, 0) is 50.9 Å². The standard InChI is InChI=1S/C22H26N4O2S/c1-16-19(22(29-3)25-20(24-16)18-11-7-14-28-18)21(27)23-12-8-13-26(2)15-17-9-5-4-6-10-17/h4-7,9-11,14H,8,12-13,15H2,1-3H3,(H,23,27). The van der Waals surface area contributed by atoms with Crippen molar-refractivity contribution in [1.82, 2.24) is 20.2 Å². The number of hydrogen-bond donors (Lipinski definition) is 1. The van der Waals surface area contributed by atoms with E-state index in [1.165, 1.54) is 17.3 Å². The van der Waals surface area contributed by atoms with Gasteiger partial charge >= 0.3 is 0 Å². The summed E-state index contributed by atoms with van der Waals surface area (Å²) < 4.78 is 5.38. The third kappa shape index (κ3) is 5.68. The number of carbonyl (C=O) groups excluding carboxylic acids is 1. The first-order chi connectivity index (χ1) is 14.1. The molecule has 2 heterocycles. The van der Waals surface area contributed by atoms with Gasteiger partial charge in [-0.3, -0.25) is 4.79 Å². The van der Waals surface area contributed by atoms with E-state index in [2.05, 4.69) is 39.4 Å². The number of furan rings is 1. The number of aryl methyl sites for hydroxylation is 1. The van der Waals surface area contributed by atoms with E-state index in [1.54, 1.807) is 12.3 Å². The highest BCUT2D eigenvalue weighted by Crippen LogP contribution is 2.25. The molecule has 0 atom stereocenters. The first kappa shape index (κ1) is 21.1. The van der Waals surface area contributed by atoms with E-state index in [-0.39, 0.29) is 5.91 Å². The number of nitrogens with zero attached hydrogens (tertiary/aromatic N) is 3. The molecule has 1 aromatic carbocycles. The van der Waals surface area contributed by atoms with Crippen molar-refractivity contribution in [2.24, 2.45) is 0 Å². The molecule has 0 bridgehead atoms. The number of aromatic nitrogens is 2. The molecule has 7 heteroatoms. The molecule has 0 aliphatic carbocycles. The van der Waals surface area contributed by atoms with Crippen LogP contribution in [0.15, 0.2) is 58.2 Å². The molecule has 0 saturated carbocycles. The fourth-order valence-electron chi connectivity index (χ4n) is 3.09. The lowest BCUT2D eigenvalue weighted by Gasteiger charge is -2.17. The van der Waals surface area contributed by atoms with Gasteiger partial charge in [0.1, 0.15) is 5.03 Å². The zero-order chi connectivity index (χ0) is 20.6. The molecule has 1 N–H and O–H groups in total. The third-order valence-electron chi connectivity index (χ3n) is 4.52. The maximum atomic E-state index is 12.7. The lowest BCUT2D eigenvalue weighted by Crippen LogP contribution is -2.29. The second-order valence-corrected chi connectivity index (χ2v) is 7.62. The van der Waals surface area contributed by atoms with E-state index < -0.39 is 0 Å². The van der Waals surface area contributed by atoms with Gasteiger partial charge < -0.3 is 14.6 Å². The Morgan fingerprint density at radius 2 is 1.97 bits per heavy atom. The van der Waals surface area contributed by atoms with E-state index in [4.69, 9.17) is 4.42 Å². The van der Waals surface area contributed by atoms with Crippen LogP contribution in [0.4, 0.5) is 0 Å². The van der Waals surface area contributed by atoms with Gasteiger partial charge in [-0.2, -0.15) is 0 Å². The Bertz CT molecular complexity index is 929. The topological polar surface area (TPSA) is 71.3 Å². The highest BCUT2D eigenvalue weighted by Gasteiger charge is 2.19. The monoisotopic (exact) mass is 410 g/mol. The van der Waals surface area contributed by atoms with E-state index in [1.807, 2.05) is 37.4 Å². The van der Waals surface area contributed by atoms with E-state index in [0.717, 1.165) is 19.5 Å². The van der Waals surface area contributed by atoms with Crippen molar-refractivity contribution >= 4 is 17.7 Å². The maximum Gasteiger partial charge on any atom is 0.255 e. The summed E-state index contributed by atoms with van der Waals surface area (Å²) in [7, 11) is 2.09. The summed E-state index contributed by atoms with van der Waals surface area (Å²) in [6.45, 7) is 4.23. The highest BCUT2D eigenvalue weighted by atomic mass is 32.2. The van der Waals surface area contributed by atoms with Crippen LogP contribution in [0, 0.1) is 6.92 Å². The van der Waals surface area contributed by atoms with E-state index >= 15 is 0 Å². The second kappa shape index (κ2) is 10.2. The number of nitrogens with one attached hydrogen (secondary N) is 1. The molecule has 0 saturated heterocycles. The number of benzene rings is 1. The Balaban J connectivity index is 1.55. The zero-order valence-electron chi connectivity index (χ0n) is 17.0. The van der Waals surface area contributed by atoms with Gasteiger partial charge in [-0.15, -0.1) is 11.8 Å². The molecule has 0 radical (unpaired) electrons. The smallest absolute Gasteiger partial charge is 0.255 e. The summed E-state index contributed by atoms with van der Waals surface area (Å²) in [6, 6.07) is 14.0. The summed E-state index contributed by atoms with van der Waals surface area (Å²) in [5, 5.41) is 3.66. The van der Waals surface area contributed by atoms with Gasteiger partial charge in [0.25, 0.3) is 5.91 Å². The third-order valence-corrected chi connectivity index (χ3v) is 5.20. The van der Waals surface area contributed by atoms with Crippen molar-refractivity contribution in [3.63, 3.8) is 0 Å². The van der Waals surface area contributed by atoms with Gasteiger partial charge in [0, 0.05) is 13.1 Å². The molecular weight excluding hydrogens is 384 g/mol. The van der Waals surface area contributed by atoms with Gasteiger partial charge in [-0.1, -0.05) is 30.3 Å². The van der Waals surface area contributed by atoms with E-state index in [9.17, 15) is 4.79 Å². The molecule has 0 aliphatic heterocycles. The summed E-state index contributed by atoms with van der Waals surface area (Å²) in [4.78, 5) is 24.0. The van der Waals surface area contributed by atoms with Gasteiger partial charge in [0.05, 0.1) is 17.5 Å². The predicted octanol–water partition coefficient (Wildman–Crippen LogP) is 4.02. The van der Waals surface area contributed by atoms with Crippen LogP contribution in [0.5, 0.6) is 0 Å². The minimum atomic E-state index is -0.136. The van der Waals surface area contributed by atoms with Crippen LogP contribution >= 0.6 is 11.8 Å². The Kier molecular flexibility index (Phi) is 7.43. The van der Waals surface area contributed by atoms with Crippen molar-refractivity contribution in [1.29, 1.82) is 0 Å². The van der Waals surface area contributed by atoms with Crippen molar-refractivity contribution in [2.45, 2.75) is 24.9 Å². The molecule has 1 amide bonds. The van der Waals surface area contributed by atoms with Crippen LogP contribution in [0.25, 0.3) is 11.6 Å². The molecule has 152 valence electrons. The molecule has 0 aliphatic rings. The number of carbonyl (C=O) groups is 1. The van der Waals surface area contributed by atoms with Crippen molar-refractivity contribution in [3.8, 4) is 11.6 Å². The maximum absolute atomic E-state index is 12.7. The average molecular weight is 411 g/mol. The van der Waals surface area contributed by atoms with Crippen LogP contribution in [0.2, 0.25) is 0 Å². The lowest BCUT2D eigenvalue weighted by atomic mass is 10.2. The lowest BCUT2D eigenvalue weighted by molar-refractivity contribution is 0.0947. The summed E-state index contributed by atoms with van der Waals surface area (Å²) >= 11 is 1.43. The molecular formula is C22H26N4O2S. The molecule has 2 aromatic heterocycles. The SMILES string of the molecule is CSc1nc(-c2ccco2)nc(C)c1C(=O)NCCCN(C)Cc1ccccc1. The number of hydrogen-bond acceptors (Lipinski definition) is 6. The highest BCUT2D eigenvalue weighted by molar-refractivity contribution is 7.98. The first-order valence-electron chi connectivity index (χ1n) is 9.55. The number of thioether (sulfide) groups is 1. The summed E-state index contributed by atoms with van der Waals surface area (Å²) in [5.41, 5.74) is 2.47. The van der Waals surface area contributed by atoms with Crippen LogP contribution < -0.4 is 5.32 Å². The molecule has 0 fully saturated rings. The molecule has 0 unspecified atom stereocenters. The van der Waals surface area contributed by atoms with Gasteiger partial charge in [0.2, 0.25) is 0 Å². The fraction of sp³-hybridized carbons (Fsp3) is 0.318. The largest absolute Gasteiger partial charge is 0.461 e. The Morgan fingerprint density at radius 3 is 2.66 bits per heavy atom. The summed E-state index contributed by atoms with van der Waals surface area (Å²) in [6.07, 6.45) is 4.36. The molecule has 3 rings (SSSR count). The molecule has 6 nitrogen and oxygen atoms in total. The normalized spacial score (nSPS) is 11.0. The van der Waals surface area contributed by atoms with Crippen molar-refractivity contribution < 1.29 is 9.21 Å². The van der Waals surface area contributed by atoms with Crippen molar-refractivity contribution in [3.05, 3.63) is 65.5 Å². The molecule has 0 spiro atoms. The molecule has 3 aromatic rings. The first-order valence-corrected chi connectivity index (χ1v) is 10.8. The van der Waals surface area contributed by atoms with Crippen LogP contribution in [-0.2, 0) is 6.54 Å². The fourth-order valence-corrected chi connectivity index (χ4v) is 3.71. The van der Waals surface area contributed by atoms with Crippen LogP contribution in [-0.4, -0.2) is 47.2 Å². The second-order valence-electron chi connectivity index (χ2n) is 6.83. The molecule has 29 heavy (non-hydrogen) atoms.